The van der Waals surface area contributed by atoms with Crippen molar-refractivity contribution in [3.8, 4) is 11.8 Å². The van der Waals surface area contributed by atoms with Crippen molar-refractivity contribution >= 4 is 23.3 Å². The summed E-state index contributed by atoms with van der Waals surface area (Å²) < 4.78 is 6.82. The van der Waals surface area contributed by atoms with Crippen LogP contribution in [0.3, 0.4) is 0 Å². The van der Waals surface area contributed by atoms with Gasteiger partial charge in [-0.25, -0.2) is 4.79 Å². The molecule has 0 aliphatic carbocycles. The fraction of sp³-hybridized carbons (Fsp3) is 0.389. The highest BCUT2D eigenvalue weighted by molar-refractivity contribution is 7.12. The quantitative estimate of drug-likeness (QED) is 0.831. The van der Waals surface area contributed by atoms with Crippen LogP contribution in [0, 0.1) is 11.3 Å². The molecule has 4 rings (SSSR count). The summed E-state index contributed by atoms with van der Waals surface area (Å²) in [7, 11) is 0. The molecule has 4 heterocycles. The smallest absolute Gasteiger partial charge is 0.410 e. The molecule has 0 aromatic carbocycles. The van der Waals surface area contributed by atoms with Gasteiger partial charge in [0.05, 0.1) is 17.8 Å². The van der Waals surface area contributed by atoms with Crippen LogP contribution in [-0.4, -0.2) is 58.7 Å². The van der Waals surface area contributed by atoms with Crippen LogP contribution in [0.5, 0.6) is 0 Å². The Bertz CT molecular complexity index is 860. The fourth-order valence-corrected chi connectivity index (χ4v) is 4.54. The van der Waals surface area contributed by atoms with Crippen LogP contribution in [-0.2, 0) is 4.74 Å². The number of aromatic nitrogens is 1. The summed E-state index contributed by atoms with van der Waals surface area (Å²) in [5.74, 6) is -0.0531. The lowest BCUT2D eigenvalue weighted by Crippen LogP contribution is -2.47. The van der Waals surface area contributed by atoms with E-state index in [0.29, 0.717) is 42.4 Å². The van der Waals surface area contributed by atoms with Gasteiger partial charge in [-0.15, -0.1) is 11.3 Å². The number of carbonyl (C=O) groups excluding carboxylic acids is 2. The number of cyclic esters (lactones) is 1. The molecule has 2 aliphatic rings. The number of amides is 2. The summed E-state index contributed by atoms with van der Waals surface area (Å²) in [6.45, 7) is 2.27. The number of carbonyl (C=O) groups is 2. The minimum atomic E-state index is -0.249. The predicted molar refractivity (Wildman–Crippen MR) is 95.3 cm³/mol. The number of nitrogens with zero attached hydrogens (tertiary/aromatic N) is 4. The number of piperidine rings is 1. The molecule has 2 amide bonds. The van der Waals surface area contributed by atoms with E-state index in [1.54, 1.807) is 10.3 Å². The summed E-state index contributed by atoms with van der Waals surface area (Å²) in [4.78, 5) is 28.9. The summed E-state index contributed by atoms with van der Waals surface area (Å²) >= 11 is 1.31. The van der Waals surface area contributed by atoms with Gasteiger partial charge >= 0.3 is 6.09 Å². The van der Waals surface area contributed by atoms with Crippen molar-refractivity contribution in [2.24, 2.45) is 0 Å². The second-order valence-corrected chi connectivity index (χ2v) is 7.24. The molecule has 2 aliphatic heterocycles. The van der Waals surface area contributed by atoms with Crippen molar-refractivity contribution < 1.29 is 14.3 Å². The highest BCUT2D eigenvalue weighted by Crippen LogP contribution is 2.29. The van der Waals surface area contributed by atoms with E-state index >= 15 is 0 Å². The molecule has 8 heteroatoms. The molecule has 2 fully saturated rings. The van der Waals surface area contributed by atoms with E-state index in [1.807, 2.05) is 34.0 Å². The van der Waals surface area contributed by atoms with Crippen molar-refractivity contribution in [2.75, 3.05) is 26.2 Å². The molecule has 0 bridgehead atoms. The average Bonchev–Trinajstić information content (AvgIpc) is 3.41. The van der Waals surface area contributed by atoms with Crippen molar-refractivity contribution in [3.05, 3.63) is 40.3 Å². The van der Waals surface area contributed by atoms with Gasteiger partial charge in [-0.2, -0.15) is 5.26 Å². The minimum Gasteiger partial charge on any atom is -0.448 e. The summed E-state index contributed by atoms with van der Waals surface area (Å²) in [6.07, 6.45) is 4.92. The fourth-order valence-electron chi connectivity index (χ4n) is 3.58. The number of hydrogen-bond acceptors (Lipinski definition) is 5. The van der Waals surface area contributed by atoms with Crippen molar-refractivity contribution in [2.45, 2.75) is 18.9 Å². The van der Waals surface area contributed by atoms with Crippen molar-refractivity contribution in [1.29, 1.82) is 5.26 Å². The normalized spacial score (nSPS) is 18.0. The zero-order chi connectivity index (χ0) is 18.1. The summed E-state index contributed by atoms with van der Waals surface area (Å²) in [5.41, 5.74) is 1.15. The molecule has 0 saturated carbocycles. The second-order valence-electron chi connectivity index (χ2n) is 6.36. The molecule has 0 spiro atoms. The van der Waals surface area contributed by atoms with Crippen LogP contribution in [0.25, 0.3) is 5.69 Å². The lowest BCUT2D eigenvalue weighted by molar-refractivity contribution is 0.0663. The standard InChI is InChI=1S/C18H18N4O3S/c19-11-13-12-26-16(15(13)20-5-1-2-6-20)17(23)21-7-3-14(4-8-21)22-9-10-25-18(22)24/h1-2,5-6,12,14H,3-4,7-10H2. The van der Waals surface area contributed by atoms with E-state index in [-0.39, 0.29) is 18.0 Å². The van der Waals surface area contributed by atoms with Crippen molar-refractivity contribution in [3.63, 3.8) is 0 Å². The maximum Gasteiger partial charge on any atom is 0.410 e. The number of rotatable bonds is 3. The highest BCUT2D eigenvalue weighted by atomic mass is 32.1. The average molecular weight is 370 g/mol. The van der Waals surface area contributed by atoms with Gasteiger partial charge in [-0.3, -0.25) is 4.79 Å². The van der Waals surface area contributed by atoms with E-state index in [4.69, 9.17) is 4.74 Å². The van der Waals surface area contributed by atoms with Gasteiger partial charge in [-0.1, -0.05) is 0 Å². The van der Waals surface area contributed by atoms with Gasteiger partial charge in [-0.05, 0) is 25.0 Å². The van der Waals surface area contributed by atoms with Gasteiger partial charge < -0.3 is 19.1 Å². The van der Waals surface area contributed by atoms with E-state index in [2.05, 4.69) is 6.07 Å². The first kappa shape index (κ1) is 16.7. The Morgan fingerprint density at radius 1 is 1.23 bits per heavy atom. The number of ether oxygens (including phenoxy) is 1. The Hall–Kier alpha value is -2.79. The molecular weight excluding hydrogens is 352 g/mol. The third-order valence-corrected chi connectivity index (χ3v) is 5.88. The lowest BCUT2D eigenvalue weighted by atomic mass is 10.0. The monoisotopic (exact) mass is 370 g/mol. The Balaban J connectivity index is 1.50. The van der Waals surface area contributed by atoms with E-state index < -0.39 is 0 Å². The Labute approximate surface area is 155 Å². The molecule has 0 atom stereocenters. The predicted octanol–water partition coefficient (Wildman–Crippen LogP) is 2.47. The number of thiophene rings is 1. The molecule has 0 radical (unpaired) electrons. The molecule has 2 saturated heterocycles. The van der Waals surface area contributed by atoms with Gasteiger partial charge in [0.2, 0.25) is 0 Å². The van der Waals surface area contributed by atoms with Crippen LogP contribution in [0.4, 0.5) is 4.79 Å². The van der Waals surface area contributed by atoms with E-state index in [9.17, 15) is 14.9 Å². The zero-order valence-corrected chi connectivity index (χ0v) is 14.9. The summed E-state index contributed by atoms with van der Waals surface area (Å²) in [6, 6.07) is 6.04. The SMILES string of the molecule is N#Cc1csc(C(=O)N2CCC(N3CCOC3=O)CC2)c1-n1cccc1. The minimum absolute atomic E-state index is 0.0531. The molecule has 2 aromatic rings. The third kappa shape index (κ3) is 2.84. The third-order valence-electron chi connectivity index (χ3n) is 4.93. The van der Waals surface area contributed by atoms with Crippen LogP contribution >= 0.6 is 11.3 Å². The van der Waals surface area contributed by atoms with E-state index in [1.165, 1.54) is 11.3 Å². The Kier molecular flexibility index (Phi) is 4.39. The molecule has 134 valence electrons. The first-order valence-electron chi connectivity index (χ1n) is 8.56. The van der Waals surface area contributed by atoms with E-state index in [0.717, 1.165) is 12.8 Å². The van der Waals surface area contributed by atoms with Gasteiger partial charge in [0.1, 0.15) is 17.6 Å². The van der Waals surface area contributed by atoms with Crippen LogP contribution in [0.2, 0.25) is 0 Å². The van der Waals surface area contributed by atoms with Gasteiger partial charge in [0.15, 0.2) is 0 Å². The van der Waals surface area contributed by atoms with Crippen LogP contribution < -0.4 is 0 Å². The summed E-state index contributed by atoms with van der Waals surface area (Å²) in [5, 5.41) is 11.1. The molecule has 2 aromatic heterocycles. The molecule has 0 unspecified atom stereocenters. The highest BCUT2D eigenvalue weighted by Gasteiger charge is 2.34. The molecule has 7 nitrogen and oxygen atoms in total. The number of hydrogen-bond donors (Lipinski definition) is 0. The van der Waals surface area contributed by atoms with Crippen LogP contribution in [0.15, 0.2) is 29.9 Å². The van der Waals surface area contributed by atoms with Crippen LogP contribution in [0.1, 0.15) is 28.1 Å². The Morgan fingerprint density at radius 3 is 2.58 bits per heavy atom. The topological polar surface area (TPSA) is 78.6 Å². The maximum absolute atomic E-state index is 13.0. The zero-order valence-electron chi connectivity index (χ0n) is 14.1. The molecule has 0 N–H and O–H groups in total. The Morgan fingerprint density at radius 2 is 1.96 bits per heavy atom. The van der Waals surface area contributed by atoms with Crippen molar-refractivity contribution in [1.82, 2.24) is 14.4 Å². The van der Waals surface area contributed by atoms with Gasteiger partial charge in [0, 0.05) is 36.9 Å². The number of likely N-dealkylation sites (tertiary alicyclic amines) is 1. The van der Waals surface area contributed by atoms with Gasteiger partial charge in [0.25, 0.3) is 5.91 Å². The lowest BCUT2D eigenvalue weighted by Gasteiger charge is -2.35. The maximum atomic E-state index is 13.0. The molecule has 26 heavy (non-hydrogen) atoms. The molecular formula is C18H18N4O3S. The number of nitriles is 1. The largest absolute Gasteiger partial charge is 0.448 e. The first-order chi connectivity index (χ1) is 12.7. The second kappa shape index (κ2) is 6.84. The first-order valence-corrected chi connectivity index (χ1v) is 9.44.